The van der Waals surface area contributed by atoms with Crippen LogP contribution in [0.5, 0.6) is 0 Å². The Kier molecular flexibility index (Phi) is 3.88. The molecule has 1 atom stereocenters. The van der Waals surface area contributed by atoms with Crippen molar-refractivity contribution in [3.8, 4) is 0 Å². The molecule has 6 heteroatoms. The third-order valence-corrected chi connectivity index (χ3v) is 2.77. The first-order valence-corrected chi connectivity index (χ1v) is 5.85. The lowest BCUT2D eigenvalue weighted by Gasteiger charge is -2.04. The van der Waals surface area contributed by atoms with Crippen LogP contribution >= 0.6 is 0 Å². The third-order valence-electron chi connectivity index (χ3n) is 2.77. The van der Waals surface area contributed by atoms with Gasteiger partial charge in [0.2, 0.25) is 5.89 Å². The molecule has 0 aliphatic heterocycles. The van der Waals surface area contributed by atoms with E-state index in [1.165, 1.54) is 0 Å². The van der Waals surface area contributed by atoms with Crippen LogP contribution in [0.1, 0.15) is 30.1 Å². The fourth-order valence-electron chi connectivity index (χ4n) is 1.47. The van der Waals surface area contributed by atoms with Gasteiger partial charge in [-0.05, 0) is 32.5 Å². The van der Waals surface area contributed by atoms with E-state index in [1.54, 1.807) is 6.20 Å². The zero-order chi connectivity index (χ0) is 13.0. The molecule has 0 fully saturated rings. The summed E-state index contributed by atoms with van der Waals surface area (Å²) in [5.74, 6) is 0.567. The van der Waals surface area contributed by atoms with Gasteiger partial charge in [-0.3, -0.25) is 4.98 Å². The second-order valence-electron chi connectivity index (χ2n) is 4.08. The molecule has 0 aliphatic carbocycles. The highest BCUT2D eigenvalue weighted by molar-refractivity contribution is 5.24. The maximum absolute atomic E-state index is 5.47. The SMILES string of the molecule is CNC(C)c1nnc(NCc2ncccc2C)o1. The van der Waals surface area contributed by atoms with Gasteiger partial charge in [0.15, 0.2) is 0 Å². The van der Waals surface area contributed by atoms with E-state index in [0.717, 1.165) is 11.3 Å². The number of anilines is 1. The molecule has 18 heavy (non-hydrogen) atoms. The number of pyridine rings is 1. The largest absolute Gasteiger partial charge is 0.406 e. The van der Waals surface area contributed by atoms with Gasteiger partial charge >= 0.3 is 6.01 Å². The molecular formula is C12H17N5O. The summed E-state index contributed by atoms with van der Waals surface area (Å²) in [6.45, 7) is 4.55. The summed E-state index contributed by atoms with van der Waals surface area (Å²) < 4.78 is 5.47. The molecule has 2 aromatic rings. The Morgan fingerprint density at radius 1 is 1.39 bits per heavy atom. The fraction of sp³-hybridized carbons (Fsp3) is 0.417. The van der Waals surface area contributed by atoms with E-state index in [2.05, 4.69) is 25.8 Å². The van der Waals surface area contributed by atoms with Gasteiger partial charge in [-0.25, -0.2) is 0 Å². The molecule has 0 saturated heterocycles. The molecule has 6 nitrogen and oxygen atoms in total. The van der Waals surface area contributed by atoms with Crippen molar-refractivity contribution < 1.29 is 4.42 Å². The number of nitrogens with zero attached hydrogens (tertiary/aromatic N) is 3. The van der Waals surface area contributed by atoms with Crippen molar-refractivity contribution in [2.75, 3.05) is 12.4 Å². The summed E-state index contributed by atoms with van der Waals surface area (Å²) in [6.07, 6.45) is 1.77. The van der Waals surface area contributed by atoms with Gasteiger partial charge in [-0.2, -0.15) is 0 Å². The Bertz CT molecular complexity index is 511. The van der Waals surface area contributed by atoms with E-state index < -0.39 is 0 Å². The van der Waals surface area contributed by atoms with Crippen LogP contribution in [0.15, 0.2) is 22.7 Å². The number of aromatic nitrogens is 3. The topological polar surface area (TPSA) is 75.9 Å². The Labute approximate surface area is 106 Å². The zero-order valence-electron chi connectivity index (χ0n) is 10.8. The second kappa shape index (κ2) is 5.59. The number of hydrogen-bond acceptors (Lipinski definition) is 6. The van der Waals surface area contributed by atoms with E-state index in [0.29, 0.717) is 18.5 Å². The highest BCUT2D eigenvalue weighted by atomic mass is 16.4. The molecule has 96 valence electrons. The summed E-state index contributed by atoms with van der Waals surface area (Å²) in [5.41, 5.74) is 2.10. The van der Waals surface area contributed by atoms with Crippen LogP contribution < -0.4 is 10.6 Å². The lowest BCUT2D eigenvalue weighted by molar-refractivity contribution is 0.441. The molecule has 2 N–H and O–H groups in total. The van der Waals surface area contributed by atoms with E-state index in [9.17, 15) is 0 Å². The van der Waals surface area contributed by atoms with Crippen molar-refractivity contribution in [3.63, 3.8) is 0 Å². The molecule has 2 heterocycles. The van der Waals surface area contributed by atoms with E-state index in [1.807, 2.05) is 33.0 Å². The second-order valence-corrected chi connectivity index (χ2v) is 4.08. The minimum Gasteiger partial charge on any atom is -0.406 e. The van der Waals surface area contributed by atoms with Crippen LogP contribution in [0.3, 0.4) is 0 Å². The average Bonchev–Trinajstić information content (AvgIpc) is 2.86. The monoisotopic (exact) mass is 247 g/mol. The van der Waals surface area contributed by atoms with Gasteiger partial charge in [0, 0.05) is 6.20 Å². The van der Waals surface area contributed by atoms with Crippen LogP contribution in [0.25, 0.3) is 0 Å². The smallest absolute Gasteiger partial charge is 0.315 e. The summed E-state index contributed by atoms with van der Waals surface area (Å²) >= 11 is 0. The van der Waals surface area contributed by atoms with Gasteiger partial charge in [-0.1, -0.05) is 11.2 Å². The van der Waals surface area contributed by atoms with Crippen LogP contribution in [-0.4, -0.2) is 22.2 Å². The highest BCUT2D eigenvalue weighted by Gasteiger charge is 2.11. The molecular weight excluding hydrogens is 230 g/mol. The average molecular weight is 247 g/mol. The molecule has 0 spiro atoms. The van der Waals surface area contributed by atoms with Crippen LogP contribution in [0.2, 0.25) is 0 Å². The normalized spacial score (nSPS) is 12.4. The lowest BCUT2D eigenvalue weighted by Crippen LogP contribution is -2.12. The predicted molar refractivity (Wildman–Crippen MR) is 68.1 cm³/mol. The van der Waals surface area contributed by atoms with Gasteiger partial charge in [-0.15, -0.1) is 5.10 Å². The highest BCUT2D eigenvalue weighted by Crippen LogP contribution is 2.14. The van der Waals surface area contributed by atoms with E-state index in [4.69, 9.17) is 4.42 Å². The fourth-order valence-corrected chi connectivity index (χ4v) is 1.47. The molecule has 0 aromatic carbocycles. The Morgan fingerprint density at radius 3 is 2.94 bits per heavy atom. The van der Waals surface area contributed by atoms with E-state index >= 15 is 0 Å². The Morgan fingerprint density at radius 2 is 2.22 bits per heavy atom. The van der Waals surface area contributed by atoms with Crippen molar-refractivity contribution in [2.24, 2.45) is 0 Å². The standard InChI is InChI=1S/C12H17N5O/c1-8-5-4-6-14-10(8)7-15-12-17-16-11(18-12)9(2)13-3/h4-6,9,13H,7H2,1-3H3,(H,15,17). The summed E-state index contributed by atoms with van der Waals surface area (Å²) in [4.78, 5) is 4.29. The van der Waals surface area contributed by atoms with Crippen LogP contribution in [-0.2, 0) is 6.54 Å². The first-order valence-electron chi connectivity index (χ1n) is 5.85. The van der Waals surface area contributed by atoms with Crippen molar-refractivity contribution in [3.05, 3.63) is 35.5 Å². The molecule has 2 aromatic heterocycles. The Balaban J connectivity index is 1.98. The van der Waals surface area contributed by atoms with E-state index in [-0.39, 0.29) is 6.04 Å². The quantitative estimate of drug-likeness (QED) is 0.837. The van der Waals surface area contributed by atoms with Gasteiger partial charge < -0.3 is 15.1 Å². The molecule has 0 aliphatic rings. The minimum atomic E-state index is 0.0460. The van der Waals surface area contributed by atoms with Gasteiger partial charge in [0.1, 0.15) is 0 Å². The molecule has 0 amide bonds. The summed E-state index contributed by atoms with van der Waals surface area (Å²) in [5, 5.41) is 14.0. The first-order chi connectivity index (χ1) is 8.70. The number of nitrogens with one attached hydrogen (secondary N) is 2. The number of hydrogen-bond donors (Lipinski definition) is 2. The molecule has 2 rings (SSSR count). The lowest BCUT2D eigenvalue weighted by atomic mass is 10.2. The number of rotatable bonds is 5. The van der Waals surface area contributed by atoms with Crippen molar-refractivity contribution >= 4 is 6.01 Å². The zero-order valence-corrected chi connectivity index (χ0v) is 10.8. The van der Waals surface area contributed by atoms with Crippen molar-refractivity contribution in [1.82, 2.24) is 20.5 Å². The van der Waals surface area contributed by atoms with Gasteiger partial charge in [0.05, 0.1) is 18.3 Å². The van der Waals surface area contributed by atoms with Gasteiger partial charge in [0.25, 0.3) is 0 Å². The molecule has 1 unspecified atom stereocenters. The molecule has 0 saturated carbocycles. The third kappa shape index (κ3) is 2.84. The summed E-state index contributed by atoms with van der Waals surface area (Å²) in [7, 11) is 1.85. The maximum Gasteiger partial charge on any atom is 0.315 e. The molecule has 0 bridgehead atoms. The molecule has 0 radical (unpaired) electrons. The Hall–Kier alpha value is -1.95. The first kappa shape index (κ1) is 12.5. The minimum absolute atomic E-state index is 0.0460. The predicted octanol–water partition coefficient (Wildman–Crippen LogP) is 1.67. The van der Waals surface area contributed by atoms with Crippen molar-refractivity contribution in [1.29, 1.82) is 0 Å². The van der Waals surface area contributed by atoms with Crippen LogP contribution in [0.4, 0.5) is 6.01 Å². The number of aryl methyl sites for hydroxylation is 1. The van der Waals surface area contributed by atoms with Crippen LogP contribution in [0, 0.1) is 6.92 Å². The van der Waals surface area contributed by atoms with Crippen molar-refractivity contribution in [2.45, 2.75) is 26.4 Å². The maximum atomic E-state index is 5.47. The summed E-state index contributed by atoms with van der Waals surface area (Å²) in [6, 6.07) is 4.40.